The molecular formula is C17H18ClN3O5S. The summed E-state index contributed by atoms with van der Waals surface area (Å²) in [4.78, 5) is 22.8. The van der Waals surface area contributed by atoms with Crippen molar-refractivity contribution in [1.29, 1.82) is 0 Å². The van der Waals surface area contributed by atoms with Crippen LogP contribution < -0.4 is 9.62 Å². The van der Waals surface area contributed by atoms with E-state index in [2.05, 4.69) is 5.32 Å². The lowest BCUT2D eigenvalue weighted by molar-refractivity contribution is -0.384. The first kappa shape index (κ1) is 20.7. The van der Waals surface area contributed by atoms with Crippen molar-refractivity contribution in [3.8, 4) is 0 Å². The molecule has 0 aliphatic carbocycles. The number of nitrogens with zero attached hydrogens (tertiary/aromatic N) is 2. The molecule has 0 bridgehead atoms. The van der Waals surface area contributed by atoms with Gasteiger partial charge in [-0.25, -0.2) is 8.42 Å². The smallest absolute Gasteiger partial charge is 0.271 e. The predicted molar refractivity (Wildman–Crippen MR) is 105 cm³/mol. The summed E-state index contributed by atoms with van der Waals surface area (Å²) in [5, 5.41) is 14.0. The summed E-state index contributed by atoms with van der Waals surface area (Å²) in [6.07, 6.45) is 0.932. The van der Waals surface area contributed by atoms with Gasteiger partial charge in [0.2, 0.25) is 15.9 Å². The first-order valence-electron chi connectivity index (χ1n) is 7.78. The molecule has 2 aromatic carbocycles. The Morgan fingerprint density at radius 2 is 1.81 bits per heavy atom. The van der Waals surface area contributed by atoms with Crippen molar-refractivity contribution < 1.29 is 18.1 Å². The molecule has 0 heterocycles. The molecular weight excluding hydrogens is 394 g/mol. The number of aryl methyl sites for hydroxylation is 2. The quantitative estimate of drug-likeness (QED) is 0.579. The number of hydrogen-bond acceptors (Lipinski definition) is 5. The molecule has 0 spiro atoms. The van der Waals surface area contributed by atoms with Crippen molar-refractivity contribution in [3.05, 3.63) is 62.7 Å². The predicted octanol–water partition coefficient (Wildman–Crippen LogP) is 3.27. The molecule has 0 aliphatic heterocycles. The van der Waals surface area contributed by atoms with Gasteiger partial charge in [-0.2, -0.15) is 0 Å². The topological polar surface area (TPSA) is 110 Å². The molecule has 8 nitrogen and oxygen atoms in total. The van der Waals surface area contributed by atoms with E-state index in [0.29, 0.717) is 16.3 Å². The van der Waals surface area contributed by atoms with Gasteiger partial charge in [0.05, 0.1) is 16.9 Å². The zero-order chi connectivity index (χ0) is 20.4. The van der Waals surface area contributed by atoms with E-state index in [9.17, 15) is 23.3 Å². The Morgan fingerprint density at radius 3 is 2.37 bits per heavy atom. The minimum Gasteiger partial charge on any atom is -0.324 e. The van der Waals surface area contributed by atoms with Gasteiger partial charge in [-0.15, -0.1) is 0 Å². The number of non-ortho nitro benzene ring substituents is 1. The fraction of sp³-hybridized carbons (Fsp3) is 0.235. The molecule has 27 heavy (non-hydrogen) atoms. The highest BCUT2D eigenvalue weighted by atomic mass is 35.5. The monoisotopic (exact) mass is 411 g/mol. The van der Waals surface area contributed by atoms with Crippen molar-refractivity contribution in [2.75, 3.05) is 22.4 Å². The van der Waals surface area contributed by atoms with Crippen LogP contribution in [0, 0.1) is 24.0 Å². The van der Waals surface area contributed by atoms with Gasteiger partial charge >= 0.3 is 0 Å². The zero-order valence-corrected chi connectivity index (χ0v) is 16.5. The molecule has 0 unspecified atom stereocenters. The summed E-state index contributed by atoms with van der Waals surface area (Å²) >= 11 is 6.02. The van der Waals surface area contributed by atoms with E-state index in [1.807, 2.05) is 6.92 Å². The average molecular weight is 412 g/mol. The van der Waals surface area contributed by atoms with Gasteiger partial charge in [0.25, 0.3) is 5.69 Å². The summed E-state index contributed by atoms with van der Waals surface area (Å²) in [5.41, 5.74) is 1.54. The summed E-state index contributed by atoms with van der Waals surface area (Å²) in [5.74, 6) is -0.605. The molecule has 10 heteroatoms. The van der Waals surface area contributed by atoms with Crippen molar-refractivity contribution >= 4 is 44.6 Å². The van der Waals surface area contributed by atoms with Gasteiger partial charge in [-0.3, -0.25) is 19.2 Å². The second-order valence-electron chi connectivity index (χ2n) is 6.01. The standard InChI is InChI=1S/C17H18ClN3O5S/c1-11-4-6-13(8-15(11)18)19-17(22)10-20(27(3,25)26)16-9-14(21(23)24)7-5-12(16)2/h4-9H,10H2,1-3H3,(H,19,22). The number of benzene rings is 2. The lowest BCUT2D eigenvalue weighted by Crippen LogP contribution is -2.37. The molecule has 2 aromatic rings. The molecule has 0 fully saturated rings. The molecule has 0 atom stereocenters. The van der Waals surface area contributed by atoms with E-state index < -0.39 is 27.4 Å². The maximum atomic E-state index is 12.4. The molecule has 144 valence electrons. The number of carbonyl (C=O) groups is 1. The Bertz CT molecular complexity index is 1010. The molecule has 2 rings (SSSR count). The van der Waals surface area contributed by atoms with E-state index in [1.54, 1.807) is 25.1 Å². The lowest BCUT2D eigenvalue weighted by Gasteiger charge is -2.23. The lowest BCUT2D eigenvalue weighted by atomic mass is 10.2. The number of hydrogen-bond donors (Lipinski definition) is 1. The Balaban J connectivity index is 2.33. The number of carbonyl (C=O) groups excluding carboxylic acids is 1. The van der Waals surface area contributed by atoms with Crippen molar-refractivity contribution in [2.24, 2.45) is 0 Å². The van der Waals surface area contributed by atoms with Gasteiger partial charge in [0.1, 0.15) is 6.54 Å². The first-order chi connectivity index (χ1) is 12.5. The molecule has 0 saturated carbocycles. The van der Waals surface area contributed by atoms with E-state index in [4.69, 9.17) is 11.6 Å². The highest BCUT2D eigenvalue weighted by molar-refractivity contribution is 7.92. The summed E-state index contributed by atoms with van der Waals surface area (Å²) < 4.78 is 25.2. The molecule has 0 saturated heterocycles. The van der Waals surface area contributed by atoms with Crippen LogP contribution in [0.15, 0.2) is 36.4 Å². The van der Waals surface area contributed by atoms with E-state index in [-0.39, 0.29) is 11.4 Å². The number of amides is 1. The maximum Gasteiger partial charge on any atom is 0.271 e. The van der Waals surface area contributed by atoms with Crippen LogP contribution in [0.25, 0.3) is 0 Å². The van der Waals surface area contributed by atoms with Crippen LogP contribution in [0.5, 0.6) is 0 Å². The second-order valence-corrected chi connectivity index (χ2v) is 8.32. The van der Waals surface area contributed by atoms with Crippen molar-refractivity contribution in [2.45, 2.75) is 13.8 Å². The number of nitro groups is 1. The third kappa shape index (κ3) is 5.18. The Labute approximate surface area is 162 Å². The maximum absolute atomic E-state index is 12.4. The van der Waals surface area contributed by atoms with Crippen LogP contribution >= 0.6 is 11.6 Å². The van der Waals surface area contributed by atoms with Gasteiger partial charge in [-0.1, -0.05) is 23.7 Å². The molecule has 0 radical (unpaired) electrons. The number of rotatable bonds is 6. The fourth-order valence-electron chi connectivity index (χ4n) is 2.36. The summed E-state index contributed by atoms with van der Waals surface area (Å²) in [7, 11) is -3.86. The number of halogens is 1. The number of nitrogens with one attached hydrogen (secondary N) is 1. The normalized spacial score (nSPS) is 11.1. The summed E-state index contributed by atoms with van der Waals surface area (Å²) in [6, 6.07) is 8.75. The highest BCUT2D eigenvalue weighted by Gasteiger charge is 2.24. The number of nitro benzene ring substituents is 1. The highest BCUT2D eigenvalue weighted by Crippen LogP contribution is 2.27. The molecule has 1 N–H and O–H groups in total. The first-order valence-corrected chi connectivity index (χ1v) is 10.0. The van der Waals surface area contributed by atoms with E-state index in [0.717, 1.165) is 22.2 Å². The number of anilines is 2. The largest absolute Gasteiger partial charge is 0.324 e. The average Bonchev–Trinajstić information content (AvgIpc) is 2.55. The summed E-state index contributed by atoms with van der Waals surface area (Å²) in [6.45, 7) is 2.88. The SMILES string of the molecule is Cc1ccc(NC(=O)CN(c2cc([N+](=O)[O-])ccc2C)S(C)(=O)=O)cc1Cl. The van der Waals surface area contributed by atoms with Crippen LogP contribution in [0.2, 0.25) is 5.02 Å². The third-order valence-electron chi connectivity index (χ3n) is 3.82. The number of sulfonamides is 1. The van der Waals surface area contributed by atoms with Gasteiger partial charge < -0.3 is 5.32 Å². The Hall–Kier alpha value is -2.65. The van der Waals surface area contributed by atoms with Crippen LogP contribution in [0.3, 0.4) is 0 Å². The van der Waals surface area contributed by atoms with Crippen molar-refractivity contribution in [1.82, 2.24) is 0 Å². The Morgan fingerprint density at radius 1 is 1.19 bits per heavy atom. The molecule has 1 amide bonds. The van der Waals surface area contributed by atoms with Crippen LogP contribution in [-0.4, -0.2) is 32.0 Å². The zero-order valence-electron chi connectivity index (χ0n) is 14.9. The Kier molecular flexibility index (Phi) is 6.07. The minimum atomic E-state index is -3.86. The fourth-order valence-corrected chi connectivity index (χ4v) is 3.45. The van der Waals surface area contributed by atoms with Gasteiger partial charge in [0.15, 0.2) is 0 Å². The molecule has 0 aromatic heterocycles. The third-order valence-corrected chi connectivity index (χ3v) is 5.35. The van der Waals surface area contributed by atoms with Crippen LogP contribution in [-0.2, 0) is 14.8 Å². The van der Waals surface area contributed by atoms with E-state index in [1.165, 1.54) is 12.1 Å². The minimum absolute atomic E-state index is 0.0730. The van der Waals surface area contributed by atoms with Gasteiger partial charge in [0, 0.05) is 22.8 Å². The molecule has 0 aliphatic rings. The second kappa shape index (κ2) is 7.93. The van der Waals surface area contributed by atoms with Crippen LogP contribution in [0.1, 0.15) is 11.1 Å². The van der Waals surface area contributed by atoms with Crippen molar-refractivity contribution in [3.63, 3.8) is 0 Å². The van der Waals surface area contributed by atoms with Gasteiger partial charge in [-0.05, 0) is 37.1 Å². The van der Waals surface area contributed by atoms with E-state index >= 15 is 0 Å². The van der Waals surface area contributed by atoms with Crippen LogP contribution in [0.4, 0.5) is 17.1 Å².